The SMILES string of the molecule is NC(=O)c1sc2ncccc2c1[C@H]1CN(Cc2ccc3ccccc3n2)CCO1. The molecule has 4 aromatic rings. The van der Waals surface area contributed by atoms with Gasteiger partial charge in [0, 0.05) is 42.2 Å². The summed E-state index contributed by atoms with van der Waals surface area (Å²) < 4.78 is 6.07. The first-order chi connectivity index (χ1) is 14.2. The molecule has 2 N–H and O–H groups in total. The van der Waals surface area contributed by atoms with E-state index >= 15 is 0 Å². The Labute approximate surface area is 171 Å². The first-order valence-electron chi connectivity index (χ1n) is 9.55. The van der Waals surface area contributed by atoms with Crippen LogP contribution in [0.3, 0.4) is 0 Å². The van der Waals surface area contributed by atoms with Crippen LogP contribution in [0.1, 0.15) is 27.0 Å². The molecule has 1 atom stereocenters. The zero-order valence-electron chi connectivity index (χ0n) is 15.7. The van der Waals surface area contributed by atoms with Crippen molar-refractivity contribution in [1.29, 1.82) is 0 Å². The van der Waals surface area contributed by atoms with Crippen LogP contribution < -0.4 is 5.73 Å². The second kappa shape index (κ2) is 7.51. The molecule has 1 fully saturated rings. The minimum absolute atomic E-state index is 0.218. The number of thiophene rings is 1. The third-order valence-corrected chi connectivity index (χ3v) is 6.39. The van der Waals surface area contributed by atoms with Gasteiger partial charge in [0.25, 0.3) is 5.91 Å². The van der Waals surface area contributed by atoms with Gasteiger partial charge in [-0.25, -0.2) is 4.98 Å². The summed E-state index contributed by atoms with van der Waals surface area (Å²) in [4.78, 5) is 24.9. The number of para-hydroxylation sites is 1. The van der Waals surface area contributed by atoms with Crippen molar-refractivity contribution >= 4 is 38.4 Å². The number of rotatable bonds is 4. The average Bonchev–Trinajstić information content (AvgIpc) is 3.14. The first kappa shape index (κ1) is 18.2. The normalized spacial score (nSPS) is 17.7. The summed E-state index contributed by atoms with van der Waals surface area (Å²) in [6.07, 6.45) is 1.51. The molecule has 7 heteroatoms. The largest absolute Gasteiger partial charge is 0.371 e. The number of morpholine rings is 1. The van der Waals surface area contributed by atoms with E-state index in [9.17, 15) is 4.79 Å². The van der Waals surface area contributed by atoms with Gasteiger partial charge >= 0.3 is 0 Å². The number of hydrogen-bond acceptors (Lipinski definition) is 6. The minimum Gasteiger partial charge on any atom is -0.371 e. The van der Waals surface area contributed by atoms with E-state index in [2.05, 4.69) is 28.1 Å². The maximum Gasteiger partial charge on any atom is 0.259 e. The van der Waals surface area contributed by atoms with Crippen LogP contribution >= 0.6 is 11.3 Å². The van der Waals surface area contributed by atoms with Gasteiger partial charge in [-0.15, -0.1) is 11.3 Å². The first-order valence-corrected chi connectivity index (χ1v) is 10.4. The summed E-state index contributed by atoms with van der Waals surface area (Å²) in [5.74, 6) is -0.431. The van der Waals surface area contributed by atoms with Crippen LogP contribution in [-0.4, -0.2) is 40.5 Å². The lowest BCUT2D eigenvalue weighted by Gasteiger charge is -2.33. The minimum atomic E-state index is -0.431. The predicted molar refractivity (Wildman–Crippen MR) is 114 cm³/mol. The van der Waals surface area contributed by atoms with Gasteiger partial charge in [0.15, 0.2) is 0 Å². The topological polar surface area (TPSA) is 81.3 Å². The highest BCUT2D eigenvalue weighted by molar-refractivity contribution is 7.20. The zero-order valence-corrected chi connectivity index (χ0v) is 16.6. The Morgan fingerprint density at radius 2 is 2.10 bits per heavy atom. The predicted octanol–water partition coefficient (Wildman–Crippen LogP) is 3.52. The van der Waals surface area contributed by atoms with Crippen molar-refractivity contribution in [2.24, 2.45) is 5.73 Å². The van der Waals surface area contributed by atoms with Crippen molar-refractivity contribution in [3.63, 3.8) is 0 Å². The molecular weight excluding hydrogens is 384 g/mol. The molecule has 1 aliphatic heterocycles. The summed E-state index contributed by atoms with van der Waals surface area (Å²) in [6, 6.07) is 16.2. The van der Waals surface area contributed by atoms with Crippen molar-refractivity contribution in [3.8, 4) is 0 Å². The fraction of sp³-hybridized carbons (Fsp3) is 0.227. The Morgan fingerprint density at radius 3 is 3.00 bits per heavy atom. The molecule has 1 amide bonds. The monoisotopic (exact) mass is 404 g/mol. The van der Waals surface area contributed by atoms with E-state index < -0.39 is 5.91 Å². The number of carbonyl (C=O) groups is 1. The van der Waals surface area contributed by atoms with Crippen LogP contribution in [0, 0.1) is 0 Å². The van der Waals surface area contributed by atoms with Gasteiger partial charge in [-0.3, -0.25) is 14.7 Å². The Balaban J connectivity index is 1.43. The molecule has 0 radical (unpaired) electrons. The lowest BCUT2D eigenvalue weighted by atomic mass is 10.0. The fourth-order valence-electron chi connectivity index (χ4n) is 3.90. The smallest absolute Gasteiger partial charge is 0.259 e. The number of aromatic nitrogens is 2. The highest BCUT2D eigenvalue weighted by Crippen LogP contribution is 2.37. The standard InChI is InChI=1S/C22H20N4O2S/c23-21(27)20-19(16-5-3-9-24-22(16)29-20)18-13-26(10-11-28-18)12-15-8-7-14-4-1-2-6-17(14)25-15/h1-9,18H,10-13H2,(H2,23,27)/t18-/m1/s1. The van der Waals surface area contributed by atoms with E-state index in [1.54, 1.807) is 6.20 Å². The van der Waals surface area contributed by atoms with E-state index in [0.29, 0.717) is 18.0 Å². The number of ether oxygens (including phenoxy) is 1. The number of nitrogens with zero attached hydrogens (tertiary/aromatic N) is 3. The van der Waals surface area contributed by atoms with Crippen molar-refractivity contribution in [1.82, 2.24) is 14.9 Å². The maximum absolute atomic E-state index is 12.1. The number of benzene rings is 1. The fourth-order valence-corrected chi connectivity index (χ4v) is 4.95. The number of fused-ring (bicyclic) bond motifs is 2. The summed E-state index contributed by atoms with van der Waals surface area (Å²) in [5.41, 5.74) is 8.55. The quantitative estimate of drug-likeness (QED) is 0.563. The Bertz CT molecular complexity index is 1210. The van der Waals surface area contributed by atoms with Gasteiger partial charge in [-0.2, -0.15) is 0 Å². The molecule has 6 nitrogen and oxygen atoms in total. The summed E-state index contributed by atoms with van der Waals surface area (Å²) in [6.45, 7) is 2.82. The molecular formula is C22H20N4O2S. The van der Waals surface area contributed by atoms with Gasteiger partial charge in [-0.1, -0.05) is 30.3 Å². The second-order valence-electron chi connectivity index (χ2n) is 7.16. The molecule has 5 rings (SSSR count). The average molecular weight is 404 g/mol. The second-order valence-corrected chi connectivity index (χ2v) is 8.15. The molecule has 146 valence electrons. The van der Waals surface area contributed by atoms with E-state index in [1.165, 1.54) is 11.3 Å². The van der Waals surface area contributed by atoms with E-state index in [4.69, 9.17) is 15.5 Å². The van der Waals surface area contributed by atoms with Crippen LogP contribution in [0.25, 0.3) is 21.1 Å². The van der Waals surface area contributed by atoms with Crippen molar-refractivity contribution in [3.05, 3.63) is 70.9 Å². The van der Waals surface area contributed by atoms with Crippen LogP contribution in [-0.2, 0) is 11.3 Å². The van der Waals surface area contributed by atoms with E-state index in [0.717, 1.165) is 45.5 Å². The van der Waals surface area contributed by atoms with Crippen molar-refractivity contribution in [2.45, 2.75) is 12.6 Å². The van der Waals surface area contributed by atoms with Crippen molar-refractivity contribution < 1.29 is 9.53 Å². The third-order valence-electron chi connectivity index (χ3n) is 5.24. The number of hydrogen-bond donors (Lipinski definition) is 1. The Morgan fingerprint density at radius 1 is 1.21 bits per heavy atom. The number of carbonyl (C=O) groups excluding carboxylic acids is 1. The highest BCUT2D eigenvalue weighted by atomic mass is 32.1. The van der Waals surface area contributed by atoms with Gasteiger partial charge in [0.05, 0.1) is 23.9 Å². The number of primary amides is 1. The van der Waals surface area contributed by atoms with Gasteiger partial charge in [0.2, 0.25) is 0 Å². The van der Waals surface area contributed by atoms with Crippen LogP contribution in [0.2, 0.25) is 0 Å². The Kier molecular flexibility index (Phi) is 4.71. The van der Waals surface area contributed by atoms with E-state index in [-0.39, 0.29) is 6.10 Å². The molecule has 0 unspecified atom stereocenters. The van der Waals surface area contributed by atoms with Gasteiger partial charge in [-0.05, 0) is 18.2 Å². The van der Waals surface area contributed by atoms with Crippen LogP contribution in [0.5, 0.6) is 0 Å². The number of pyridine rings is 2. The highest BCUT2D eigenvalue weighted by Gasteiger charge is 2.29. The molecule has 3 aromatic heterocycles. The molecule has 0 bridgehead atoms. The summed E-state index contributed by atoms with van der Waals surface area (Å²) in [7, 11) is 0. The molecule has 29 heavy (non-hydrogen) atoms. The lowest BCUT2D eigenvalue weighted by molar-refractivity contribution is -0.0326. The molecule has 0 aliphatic carbocycles. The summed E-state index contributed by atoms with van der Waals surface area (Å²) in [5, 5.41) is 2.08. The van der Waals surface area contributed by atoms with Gasteiger partial charge in [0.1, 0.15) is 9.71 Å². The lowest BCUT2D eigenvalue weighted by Crippen LogP contribution is -2.38. The third kappa shape index (κ3) is 3.48. The molecule has 1 aliphatic rings. The molecule has 0 saturated carbocycles. The summed E-state index contributed by atoms with van der Waals surface area (Å²) >= 11 is 1.34. The van der Waals surface area contributed by atoms with Gasteiger partial charge < -0.3 is 10.5 Å². The molecule has 1 saturated heterocycles. The number of amides is 1. The number of nitrogens with two attached hydrogens (primary N) is 1. The van der Waals surface area contributed by atoms with Crippen LogP contribution in [0.4, 0.5) is 0 Å². The maximum atomic E-state index is 12.1. The Hall–Kier alpha value is -2.87. The zero-order chi connectivity index (χ0) is 19.8. The molecule has 4 heterocycles. The van der Waals surface area contributed by atoms with E-state index in [1.807, 2.05) is 30.3 Å². The molecule has 0 spiro atoms. The van der Waals surface area contributed by atoms with Crippen molar-refractivity contribution in [2.75, 3.05) is 19.7 Å². The molecule has 1 aromatic carbocycles. The van der Waals surface area contributed by atoms with Crippen LogP contribution in [0.15, 0.2) is 54.7 Å².